The van der Waals surface area contributed by atoms with Gasteiger partial charge in [0.15, 0.2) is 0 Å². The summed E-state index contributed by atoms with van der Waals surface area (Å²) in [5, 5.41) is 0. The van der Waals surface area contributed by atoms with E-state index >= 15 is 0 Å². The highest BCUT2D eigenvalue weighted by atomic mass is 16.5. The Bertz CT molecular complexity index is 445. The Labute approximate surface area is 168 Å². The van der Waals surface area contributed by atoms with Crippen LogP contribution < -0.4 is 0 Å². The van der Waals surface area contributed by atoms with Crippen LogP contribution in [0.25, 0.3) is 0 Å². The molecule has 0 aromatic carbocycles. The molecule has 0 saturated heterocycles. The molecule has 3 saturated carbocycles. The van der Waals surface area contributed by atoms with Gasteiger partial charge in [0.25, 0.3) is 0 Å². The van der Waals surface area contributed by atoms with E-state index in [-0.39, 0.29) is 18.0 Å². The molecule has 0 heterocycles. The lowest BCUT2D eigenvalue weighted by Crippen LogP contribution is -2.35. The first kappa shape index (κ1) is 21.2. The Balaban J connectivity index is 1.34. The first-order valence-corrected chi connectivity index (χ1v) is 12.0. The lowest BCUT2D eigenvalue weighted by atomic mass is 9.73. The summed E-state index contributed by atoms with van der Waals surface area (Å²) in [6.07, 6.45) is 15.2. The zero-order valence-corrected chi connectivity index (χ0v) is 18.3. The summed E-state index contributed by atoms with van der Waals surface area (Å²) in [5.41, 5.74) is 0. The predicted octanol–water partition coefficient (Wildman–Crippen LogP) is 6.97. The fourth-order valence-corrected chi connectivity index (χ4v) is 5.79. The van der Waals surface area contributed by atoms with Gasteiger partial charge in [0, 0.05) is 0 Å². The predicted molar refractivity (Wildman–Crippen MR) is 112 cm³/mol. The number of esters is 1. The van der Waals surface area contributed by atoms with Crippen LogP contribution >= 0.6 is 0 Å². The van der Waals surface area contributed by atoms with Crippen molar-refractivity contribution < 1.29 is 9.53 Å². The highest BCUT2D eigenvalue weighted by Gasteiger charge is 2.34. The molecule has 27 heavy (non-hydrogen) atoms. The lowest BCUT2D eigenvalue weighted by molar-refractivity contribution is -0.159. The number of carbonyl (C=O) groups excluding carboxylic acids is 1. The molecule has 155 valence electrons. The first-order valence-electron chi connectivity index (χ1n) is 12.0. The minimum Gasteiger partial charge on any atom is -0.462 e. The lowest BCUT2D eigenvalue weighted by Gasteiger charge is -2.37. The fraction of sp³-hybridized carbons (Fsp3) is 0.920. The Hall–Kier alpha value is -0.530. The maximum atomic E-state index is 12.7. The molecular weight excluding hydrogens is 332 g/mol. The van der Waals surface area contributed by atoms with Gasteiger partial charge >= 0.3 is 5.97 Å². The maximum absolute atomic E-state index is 12.7. The van der Waals surface area contributed by atoms with Crippen LogP contribution in [0.2, 0.25) is 0 Å². The minimum absolute atomic E-state index is 0.114. The summed E-state index contributed by atoms with van der Waals surface area (Å²) in [7, 11) is 0. The van der Waals surface area contributed by atoms with Crippen molar-refractivity contribution in [3.05, 3.63) is 5.92 Å². The van der Waals surface area contributed by atoms with Gasteiger partial charge in [0.2, 0.25) is 0 Å². The molecule has 0 spiro atoms. The molecule has 1 radical (unpaired) electrons. The third kappa shape index (κ3) is 5.97. The largest absolute Gasteiger partial charge is 0.462 e. The van der Waals surface area contributed by atoms with E-state index < -0.39 is 0 Å². The summed E-state index contributed by atoms with van der Waals surface area (Å²) in [6, 6.07) is 0. The van der Waals surface area contributed by atoms with Crippen LogP contribution in [0.1, 0.15) is 105 Å². The van der Waals surface area contributed by atoms with E-state index in [0.717, 1.165) is 43.4 Å². The van der Waals surface area contributed by atoms with Crippen molar-refractivity contribution in [3.63, 3.8) is 0 Å². The van der Waals surface area contributed by atoms with Crippen molar-refractivity contribution in [2.75, 3.05) is 0 Å². The second-order valence-electron chi connectivity index (χ2n) is 10.5. The van der Waals surface area contributed by atoms with E-state index in [1.165, 1.54) is 51.4 Å². The molecule has 0 N–H and O–H groups in total. The van der Waals surface area contributed by atoms with Gasteiger partial charge in [-0.3, -0.25) is 4.79 Å². The van der Waals surface area contributed by atoms with Crippen molar-refractivity contribution in [2.45, 2.75) is 111 Å². The molecule has 2 nitrogen and oxygen atoms in total. The Morgan fingerprint density at radius 2 is 1.48 bits per heavy atom. The topological polar surface area (TPSA) is 26.3 Å². The Morgan fingerprint density at radius 3 is 2.07 bits per heavy atom. The van der Waals surface area contributed by atoms with Crippen LogP contribution in [0.3, 0.4) is 0 Å². The maximum Gasteiger partial charge on any atom is 0.309 e. The molecule has 3 rings (SSSR count). The molecule has 3 aliphatic rings. The van der Waals surface area contributed by atoms with Gasteiger partial charge in [-0.1, -0.05) is 40.5 Å². The van der Waals surface area contributed by atoms with E-state index in [2.05, 4.69) is 27.7 Å². The van der Waals surface area contributed by atoms with Gasteiger partial charge in [0.05, 0.1) is 5.92 Å². The van der Waals surface area contributed by atoms with Crippen LogP contribution in [0.15, 0.2) is 0 Å². The molecule has 0 amide bonds. The highest BCUT2D eigenvalue weighted by Crippen LogP contribution is 2.39. The van der Waals surface area contributed by atoms with Gasteiger partial charge in [-0.05, 0) is 99.7 Å². The van der Waals surface area contributed by atoms with Gasteiger partial charge in [0.1, 0.15) is 6.10 Å². The van der Waals surface area contributed by atoms with Crippen molar-refractivity contribution in [1.29, 1.82) is 0 Å². The summed E-state index contributed by atoms with van der Waals surface area (Å²) in [5.74, 6) is 5.98. The van der Waals surface area contributed by atoms with E-state index in [1.807, 2.05) is 5.92 Å². The summed E-state index contributed by atoms with van der Waals surface area (Å²) in [6.45, 7) is 9.38. The first-order chi connectivity index (χ1) is 12.9. The van der Waals surface area contributed by atoms with E-state index in [4.69, 9.17) is 4.74 Å². The molecule has 2 heteroatoms. The van der Waals surface area contributed by atoms with Gasteiger partial charge in [-0.15, -0.1) is 0 Å². The van der Waals surface area contributed by atoms with E-state index in [0.29, 0.717) is 11.8 Å². The fourth-order valence-electron chi connectivity index (χ4n) is 5.79. The normalized spacial score (nSPS) is 39.3. The SMILES string of the molecule is CC1CC[C](CCC2CCC(C(=O)OC3CC(C)C(C)C(C)C3)CC2)CC1. The minimum atomic E-state index is 0.114. The average Bonchev–Trinajstić information content (AvgIpc) is 2.66. The van der Waals surface area contributed by atoms with Gasteiger partial charge in [-0.25, -0.2) is 0 Å². The number of carbonyl (C=O) groups is 1. The summed E-state index contributed by atoms with van der Waals surface area (Å²) in [4.78, 5) is 12.7. The van der Waals surface area contributed by atoms with Gasteiger partial charge in [-0.2, -0.15) is 0 Å². The molecule has 3 fully saturated rings. The zero-order valence-electron chi connectivity index (χ0n) is 18.3. The zero-order chi connectivity index (χ0) is 19.4. The molecule has 3 aliphatic carbocycles. The van der Waals surface area contributed by atoms with Crippen LogP contribution in [0.4, 0.5) is 0 Å². The summed E-state index contributed by atoms with van der Waals surface area (Å²) < 4.78 is 5.98. The van der Waals surface area contributed by atoms with E-state index in [9.17, 15) is 4.79 Å². The third-order valence-electron chi connectivity index (χ3n) is 8.41. The number of hydrogen-bond donors (Lipinski definition) is 0. The van der Waals surface area contributed by atoms with Crippen molar-refractivity contribution in [2.24, 2.45) is 35.5 Å². The Morgan fingerprint density at radius 1 is 0.889 bits per heavy atom. The smallest absolute Gasteiger partial charge is 0.309 e. The molecule has 0 bridgehead atoms. The third-order valence-corrected chi connectivity index (χ3v) is 8.41. The Kier molecular flexibility index (Phi) is 7.68. The second-order valence-corrected chi connectivity index (χ2v) is 10.5. The van der Waals surface area contributed by atoms with Crippen LogP contribution in [0.5, 0.6) is 0 Å². The van der Waals surface area contributed by atoms with Crippen molar-refractivity contribution in [3.8, 4) is 0 Å². The van der Waals surface area contributed by atoms with E-state index in [1.54, 1.807) is 0 Å². The van der Waals surface area contributed by atoms with Crippen molar-refractivity contribution >= 4 is 5.97 Å². The van der Waals surface area contributed by atoms with Crippen molar-refractivity contribution in [1.82, 2.24) is 0 Å². The standard InChI is InChI=1S/C25H43O2/c1-17-5-7-21(8-6-17)9-10-22-11-13-23(14-12-22)25(26)27-24-15-18(2)20(4)19(3)16-24/h17-20,22-24H,5-16H2,1-4H3. The highest BCUT2D eigenvalue weighted by molar-refractivity contribution is 5.72. The molecular formula is C25H43O2. The quantitative estimate of drug-likeness (QED) is 0.485. The monoisotopic (exact) mass is 375 g/mol. The molecule has 2 unspecified atom stereocenters. The van der Waals surface area contributed by atoms with Gasteiger partial charge < -0.3 is 4.74 Å². The van der Waals surface area contributed by atoms with Crippen LogP contribution in [-0.4, -0.2) is 12.1 Å². The summed E-state index contributed by atoms with van der Waals surface area (Å²) >= 11 is 0. The molecule has 0 aromatic rings. The molecule has 2 atom stereocenters. The number of ether oxygens (including phenoxy) is 1. The number of hydrogen-bond acceptors (Lipinski definition) is 2. The second kappa shape index (κ2) is 9.79. The number of rotatable bonds is 5. The van der Waals surface area contributed by atoms with Crippen LogP contribution in [-0.2, 0) is 9.53 Å². The molecule has 0 aliphatic heterocycles. The molecule has 0 aromatic heterocycles. The van der Waals surface area contributed by atoms with Crippen LogP contribution in [0, 0.1) is 41.4 Å². The average molecular weight is 376 g/mol.